The highest BCUT2D eigenvalue weighted by atomic mass is 79.9. The molecule has 2 atom stereocenters. The van der Waals surface area contributed by atoms with E-state index in [4.69, 9.17) is 0 Å². The van der Waals surface area contributed by atoms with E-state index in [-0.39, 0.29) is 5.91 Å². The number of carbonyl (C=O) groups is 1. The van der Waals surface area contributed by atoms with Gasteiger partial charge < -0.3 is 4.90 Å². The van der Waals surface area contributed by atoms with Crippen molar-refractivity contribution < 1.29 is 4.79 Å². The topological polar surface area (TPSA) is 20.3 Å². The standard InChI is InChI=1S/C15H20BrNO/c1-10-6-11(2)9-17(8-10)15(18)13-5-4-12(3)14(16)7-13/h4-5,7,10-11H,6,8-9H2,1-3H3. The molecule has 1 fully saturated rings. The average Bonchev–Trinajstić information content (AvgIpc) is 2.30. The normalized spacial score (nSPS) is 24.1. The van der Waals surface area contributed by atoms with Crippen molar-refractivity contribution in [2.75, 3.05) is 13.1 Å². The Balaban J connectivity index is 2.17. The van der Waals surface area contributed by atoms with Gasteiger partial charge in [-0.1, -0.05) is 35.8 Å². The first-order chi connectivity index (χ1) is 8.47. The molecule has 0 bridgehead atoms. The van der Waals surface area contributed by atoms with Crippen LogP contribution in [0.3, 0.4) is 0 Å². The van der Waals surface area contributed by atoms with E-state index in [0.29, 0.717) is 11.8 Å². The molecule has 0 aromatic heterocycles. The number of benzene rings is 1. The molecular formula is C15H20BrNO. The van der Waals surface area contributed by atoms with Crippen LogP contribution in [0.5, 0.6) is 0 Å². The summed E-state index contributed by atoms with van der Waals surface area (Å²) in [5.41, 5.74) is 1.95. The van der Waals surface area contributed by atoms with E-state index in [2.05, 4.69) is 29.8 Å². The summed E-state index contributed by atoms with van der Waals surface area (Å²) in [5, 5.41) is 0. The Morgan fingerprint density at radius 2 is 1.89 bits per heavy atom. The molecule has 0 N–H and O–H groups in total. The molecule has 1 aliphatic heterocycles. The van der Waals surface area contributed by atoms with E-state index in [0.717, 1.165) is 28.7 Å². The fraction of sp³-hybridized carbons (Fsp3) is 0.533. The Bertz CT molecular complexity index is 448. The number of hydrogen-bond acceptors (Lipinski definition) is 1. The van der Waals surface area contributed by atoms with Crippen LogP contribution >= 0.6 is 15.9 Å². The van der Waals surface area contributed by atoms with E-state index in [1.54, 1.807) is 0 Å². The number of aryl methyl sites for hydroxylation is 1. The molecule has 1 saturated heterocycles. The zero-order valence-corrected chi connectivity index (χ0v) is 12.8. The fourth-order valence-corrected chi connectivity index (χ4v) is 3.12. The molecule has 0 radical (unpaired) electrons. The van der Waals surface area contributed by atoms with Crippen LogP contribution in [0.2, 0.25) is 0 Å². The molecule has 2 unspecified atom stereocenters. The Hall–Kier alpha value is -0.830. The van der Waals surface area contributed by atoms with Gasteiger partial charge in [-0.05, 0) is 42.9 Å². The number of likely N-dealkylation sites (tertiary alicyclic amines) is 1. The second-order valence-electron chi connectivity index (χ2n) is 5.62. The van der Waals surface area contributed by atoms with Crippen molar-refractivity contribution in [2.24, 2.45) is 11.8 Å². The number of piperidine rings is 1. The Labute approximate surface area is 117 Å². The smallest absolute Gasteiger partial charge is 0.253 e. The maximum atomic E-state index is 12.5. The first-order valence-corrected chi connectivity index (χ1v) is 7.32. The highest BCUT2D eigenvalue weighted by Crippen LogP contribution is 2.24. The molecule has 0 saturated carbocycles. The molecule has 1 amide bonds. The number of amides is 1. The summed E-state index contributed by atoms with van der Waals surface area (Å²) >= 11 is 3.49. The van der Waals surface area contributed by atoms with Gasteiger partial charge in [0.1, 0.15) is 0 Å². The fourth-order valence-electron chi connectivity index (χ4n) is 2.74. The highest BCUT2D eigenvalue weighted by Gasteiger charge is 2.26. The third-order valence-electron chi connectivity index (χ3n) is 3.57. The van der Waals surface area contributed by atoms with Crippen molar-refractivity contribution in [3.05, 3.63) is 33.8 Å². The Morgan fingerprint density at radius 3 is 2.44 bits per heavy atom. The molecule has 1 aromatic rings. The maximum absolute atomic E-state index is 12.5. The van der Waals surface area contributed by atoms with E-state index in [1.807, 2.05) is 30.0 Å². The summed E-state index contributed by atoms with van der Waals surface area (Å²) in [6.07, 6.45) is 1.22. The van der Waals surface area contributed by atoms with Crippen molar-refractivity contribution in [3.63, 3.8) is 0 Å². The van der Waals surface area contributed by atoms with Crippen molar-refractivity contribution in [2.45, 2.75) is 27.2 Å². The first-order valence-electron chi connectivity index (χ1n) is 6.52. The number of nitrogens with zero attached hydrogens (tertiary/aromatic N) is 1. The molecule has 0 spiro atoms. The lowest BCUT2D eigenvalue weighted by atomic mass is 9.91. The predicted octanol–water partition coefficient (Wildman–Crippen LogP) is 3.88. The SMILES string of the molecule is Cc1ccc(C(=O)N2CC(C)CC(C)C2)cc1Br. The zero-order chi connectivity index (χ0) is 13.3. The quantitative estimate of drug-likeness (QED) is 0.771. The van der Waals surface area contributed by atoms with Gasteiger partial charge in [0.15, 0.2) is 0 Å². The summed E-state index contributed by atoms with van der Waals surface area (Å²) in [6.45, 7) is 8.24. The lowest BCUT2D eigenvalue weighted by Gasteiger charge is -2.35. The summed E-state index contributed by atoms with van der Waals surface area (Å²) in [6, 6.07) is 5.85. The Morgan fingerprint density at radius 1 is 1.28 bits per heavy atom. The lowest BCUT2D eigenvalue weighted by molar-refractivity contribution is 0.0623. The van der Waals surface area contributed by atoms with Crippen LogP contribution in [0.1, 0.15) is 36.2 Å². The van der Waals surface area contributed by atoms with E-state index < -0.39 is 0 Å². The van der Waals surface area contributed by atoms with Crippen molar-refractivity contribution in [3.8, 4) is 0 Å². The summed E-state index contributed by atoms with van der Waals surface area (Å²) in [7, 11) is 0. The molecular weight excluding hydrogens is 290 g/mol. The van der Waals surface area contributed by atoms with Gasteiger partial charge in [0.05, 0.1) is 0 Å². The predicted molar refractivity (Wildman–Crippen MR) is 77.7 cm³/mol. The third-order valence-corrected chi connectivity index (χ3v) is 4.43. The minimum Gasteiger partial charge on any atom is -0.338 e. The average molecular weight is 310 g/mol. The third kappa shape index (κ3) is 2.94. The summed E-state index contributed by atoms with van der Waals surface area (Å²) in [5.74, 6) is 1.37. The zero-order valence-electron chi connectivity index (χ0n) is 11.2. The molecule has 1 aliphatic rings. The van der Waals surface area contributed by atoms with Crippen LogP contribution in [-0.2, 0) is 0 Å². The Kier molecular flexibility index (Phi) is 4.10. The lowest BCUT2D eigenvalue weighted by Crippen LogP contribution is -2.42. The molecule has 2 rings (SSSR count). The number of carbonyl (C=O) groups excluding carboxylic acids is 1. The number of hydrogen-bond donors (Lipinski definition) is 0. The summed E-state index contributed by atoms with van der Waals surface area (Å²) < 4.78 is 1.01. The highest BCUT2D eigenvalue weighted by molar-refractivity contribution is 9.10. The molecule has 1 aromatic carbocycles. The van der Waals surface area contributed by atoms with E-state index in [1.165, 1.54) is 6.42 Å². The van der Waals surface area contributed by atoms with Crippen molar-refractivity contribution >= 4 is 21.8 Å². The molecule has 0 aliphatic carbocycles. The first kappa shape index (κ1) is 13.6. The molecule has 2 nitrogen and oxygen atoms in total. The molecule has 18 heavy (non-hydrogen) atoms. The van der Waals surface area contributed by atoms with Crippen LogP contribution in [0.4, 0.5) is 0 Å². The van der Waals surface area contributed by atoms with E-state index >= 15 is 0 Å². The van der Waals surface area contributed by atoms with E-state index in [9.17, 15) is 4.79 Å². The second kappa shape index (κ2) is 5.43. The monoisotopic (exact) mass is 309 g/mol. The van der Waals surface area contributed by atoms with Crippen LogP contribution in [-0.4, -0.2) is 23.9 Å². The summed E-state index contributed by atoms with van der Waals surface area (Å²) in [4.78, 5) is 14.5. The maximum Gasteiger partial charge on any atom is 0.253 e. The van der Waals surface area contributed by atoms with Gasteiger partial charge >= 0.3 is 0 Å². The second-order valence-corrected chi connectivity index (χ2v) is 6.47. The van der Waals surface area contributed by atoms with Crippen molar-refractivity contribution in [1.82, 2.24) is 4.90 Å². The molecule has 3 heteroatoms. The van der Waals surface area contributed by atoms with Gasteiger partial charge in [-0.2, -0.15) is 0 Å². The van der Waals surface area contributed by atoms with Crippen LogP contribution in [0.15, 0.2) is 22.7 Å². The minimum atomic E-state index is 0.161. The van der Waals surface area contributed by atoms with Crippen LogP contribution in [0, 0.1) is 18.8 Å². The number of halogens is 1. The van der Waals surface area contributed by atoms with Gasteiger partial charge in [0, 0.05) is 23.1 Å². The van der Waals surface area contributed by atoms with Gasteiger partial charge in [0.25, 0.3) is 5.91 Å². The van der Waals surface area contributed by atoms with Crippen molar-refractivity contribution in [1.29, 1.82) is 0 Å². The largest absolute Gasteiger partial charge is 0.338 e. The molecule has 98 valence electrons. The van der Waals surface area contributed by atoms with Gasteiger partial charge in [-0.15, -0.1) is 0 Å². The van der Waals surface area contributed by atoms with Crippen LogP contribution in [0.25, 0.3) is 0 Å². The van der Waals surface area contributed by atoms with Gasteiger partial charge in [-0.25, -0.2) is 0 Å². The van der Waals surface area contributed by atoms with Gasteiger partial charge in [-0.3, -0.25) is 4.79 Å². The number of rotatable bonds is 1. The molecule has 1 heterocycles. The van der Waals surface area contributed by atoms with Crippen LogP contribution < -0.4 is 0 Å². The minimum absolute atomic E-state index is 0.161. The van der Waals surface area contributed by atoms with Gasteiger partial charge in [0.2, 0.25) is 0 Å².